The Morgan fingerprint density at radius 2 is 1.80 bits per heavy atom. The molecule has 0 aromatic rings. The fourth-order valence-electron chi connectivity index (χ4n) is 1.37. The van der Waals surface area contributed by atoms with Gasteiger partial charge in [-0.05, 0) is 29.9 Å². The summed E-state index contributed by atoms with van der Waals surface area (Å²) in [7, 11) is 0. The maximum atomic E-state index is 4.21. The van der Waals surface area contributed by atoms with Gasteiger partial charge in [0, 0.05) is 0 Å². The summed E-state index contributed by atoms with van der Waals surface area (Å²) < 4.78 is 0. The van der Waals surface area contributed by atoms with Gasteiger partial charge in [0.05, 0.1) is 0 Å². The smallest absolute Gasteiger partial charge is 0.00954 e. The van der Waals surface area contributed by atoms with Crippen LogP contribution in [0.1, 0.15) is 40.5 Å². The topological polar surface area (TPSA) is 0 Å². The maximum Gasteiger partial charge on any atom is -0.00954 e. The zero-order chi connectivity index (χ0) is 8.20. The molecule has 0 rings (SSSR count). The number of rotatable bonds is 3. The van der Waals surface area contributed by atoms with E-state index in [1.165, 1.54) is 12.8 Å². The lowest BCUT2D eigenvalue weighted by atomic mass is 9.84. The highest BCUT2D eigenvalue weighted by Crippen LogP contribution is 2.25. The van der Waals surface area contributed by atoms with Crippen molar-refractivity contribution < 1.29 is 0 Å². The average Bonchev–Trinajstić information content (AvgIpc) is 1.59. The van der Waals surface area contributed by atoms with Crippen LogP contribution in [-0.4, -0.2) is 5.75 Å². The molecule has 62 valence electrons. The van der Waals surface area contributed by atoms with Crippen LogP contribution in [0.15, 0.2) is 0 Å². The molecule has 0 nitrogen and oxygen atoms in total. The Bertz CT molecular complexity index is 81.2. The van der Waals surface area contributed by atoms with Gasteiger partial charge in [0.2, 0.25) is 0 Å². The van der Waals surface area contributed by atoms with Crippen LogP contribution in [0.5, 0.6) is 0 Å². The van der Waals surface area contributed by atoms with Crippen molar-refractivity contribution in [3.63, 3.8) is 0 Å². The molecule has 0 aliphatic carbocycles. The number of hydrogen-bond donors (Lipinski definition) is 1. The van der Waals surface area contributed by atoms with Crippen molar-refractivity contribution in [1.29, 1.82) is 0 Å². The molecule has 0 aliphatic rings. The minimum absolute atomic E-state index is 0.488. The van der Waals surface area contributed by atoms with E-state index in [4.69, 9.17) is 0 Å². The first-order chi connectivity index (χ1) is 4.45. The van der Waals surface area contributed by atoms with E-state index >= 15 is 0 Å². The molecule has 0 N–H and O–H groups in total. The van der Waals surface area contributed by atoms with E-state index in [2.05, 4.69) is 40.3 Å². The molecule has 10 heavy (non-hydrogen) atoms. The highest BCUT2D eigenvalue weighted by molar-refractivity contribution is 7.80. The molecule has 0 bridgehead atoms. The Labute approximate surface area is 70.8 Å². The third kappa shape index (κ3) is 6.47. The van der Waals surface area contributed by atoms with Crippen LogP contribution in [0, 0.1) is 11.3 Å². The highest BCUT2D eigenvalue weighted by atomic mass is 32.1. The second-order valence-corrected chi connectivity index (χ2v) is 4.83. The minimum Gasteiger partial charge on any atom is -0.179 e. The normalized spacial score (nSPS) is 15.3. The summed E-state index contributed by atoms with van der Waals surface area (Å²) in [5, 5.41) is 0. The van der Waals surface area contributed by atoms with Crippen molar-refractivity contribution in [1.82, 2.24) is 0 Å². The first-order valence-corrected chi connectivity index (χ1v) is 4.70. The van der Waals surface area contributed by atoms with Crippen molar-refractivity contribution in [2.24, 2.45) is 11.3 Å². The van der Waals surface area contributed by atoms with Crippen LogP contribution in [0.3, 0.4) is 0 Å². The van der Waals surface area contributed by atoms with Gasteiger partial charge in [0.1, 0.15) is 0 Å². The molecule has 0 aromatic heterocycles. The second kappa shape index (κ2) is 4.27. The van der Waals surface area contributed by atoms with Gasteiger partial charge in [-0.2, -0.15) is 12.6 Å². The first kappa shape index (κ1) is 10.3. The fraction of sp³-hybridized carbons (Fsp3) is 1.00. The predicted octanol–water partition coefficient (Wildman–Crippen LogP) is 3.38. The molecular weight excluding hydrogens is 140 g/mol. The van der Waals surface area contributed by atoms with E-state index in [9.17, 15) is 0 Å². The quantitative estimate of drug-likeness (QED) is 0.601. The first-order valence-electron chi connectivity index (χ1n) is 4.06. The lowest BCUT2D eigenvalue weighted by Gasteiger charge is -2.22. The van der Waals surface area contributed by atoms with Crippen molar-refractivity contribution in [2.75, 3.05) is 5.75 Å². The number of hydrogen-bond acceptors (Lipinski definition) is 1. The summed E-state index contributed by atoms with van der Waals surface area (Å²) in [5.74, 6) is 1.86. The van der Waals surface area contributed by atoms with Gasteiger partial charge in [-0.15, -0.1) is 0 Å². The number of thiol groups is 1. The van der Waals surface area contributed by atoms with E-state index in [1.54, 1.807) is 0 Å². The van der Waals surface area contributed by atoms with Crippen molar-refractivity contribution in [2.45, 2.75) is 40.5 Å². The summed E-state index contributed by atoms with van der Waals surface area (Å²) >= 11 is 4.21. The van der Waals surface area contributed by atoms with Crippen LogP contribution in [0.4, 0.5) is 0 Å². The summed E-state index contributed by atoms with van der Waals surface area (Å²) in [4.78, 5) is 0. The van der Waals surface area contributed by atoms with Crippen LogP contribution in [-0.2, 0) is 0 Å². The molecule has 1 heteroatoms. The second-order valence-electron chi connectivity index (χ2n) is 4.38. The maximum absolute atomic E-state index is 4.21. The van der Waals surface area contributed by atoms with Gasteiger partial charge in [-0.3, -0.25) is 0 Å². The van der Waals surface area contributed by atoms with Gasteiger partial charge >= 0.3 is 0 Å². The molecule has 0 aliphatic heterocycles. The molecular formula is C9H20S. The third-order valence-corrected chi connectivity index (χ3v) is 1.84. The molecule has 0 radical (unpaired) electrons. The van der Waals surface area contributed by atoms with Crippen LogP contribution in [0.25, 0.3) is 0 Å². The van der Waals surface area contributed by atoms with Crippen LogP contribution in [0.2, 0.25) is 0 Å². The monoisotopic (exact) mass is 160 g/mol. The average molecular weight is 160 g/mol. The van der Waals surface area contributed by atoms with Crippen LogP contribution >= 0.6 is 12.6 Å². The molecule has 0 fully saturated rings. The van der Waals surface area contributed by atoms with Gasteiger partial charge < -0.3 is 0 Å². The molecule has 0 aromatic carbocycles. The SMILES string of the molecule is CC(CCS)CC(C)(C)C. The van der Waals surface area contributed by atoms with Crippen molar-refractivity contribution in [3.05, 3.63) is 0 Å². The van der Waals surface area contributed by atoms with E-state index in [-0.39, 0.29) is 0 Å². The fourth-order valence-corrected chi connectivity index (χ4v) is 1.81. The lowest BCUT2D eigenvalue weighted by molar-refractivity contribution is 0.303. The molecule has 0 amide bonds. The molecule has 0 saturated carbocycles. The zero-order valence-corrected chi connectivity index (χ0v) is 8.54. The highest BCUT2D eigenvalue weighted by Gasteiger charge is 2.13. The predicted molar refractivity (Wildman–Crippen MR) is 51.7 cm³/mol. The van der Waals surface area contributed by atoms with Crippen molar-refractivity contribution in [3.8, 4) is 0 Å². The lowest BCUT2D eigenvalue weighted by Crippen LogP contribution is -2.11. The summed E-state index contributed by atoms with van der Waals surface area (Å²) in [5.41, 5.74) is 0.488. The molecule has 0 spiro atoms. The zero-order valence-electron chi connectivity index (χ0n) is 7.65. The van der Waals surface area contributed by atoms with Gasteiger partial charge in [0.25, 0.3) is 0 Å². The Balaban J connectivity index is 3.47. The largest absolute Gasteiger partial charge is 0.179 e. The Morgan fingerprint density at radius 3 is 2.10 bits per heavy atom. The summed E-state index contributed by atoms with van der Waals surface area (Å²) in [6.07, 6.45) is 2.56. The van der Waals surface area contributed by atoms with Crippen molar-refractivity contribution >= 4 is 12.6 Å². The van der Waals surface area contributed by atoms with E-state index in [1.807, 2.05) is 0 Å². The standard InChI is InChI=1S/C9H20S/c1-8(5-6-10)7-9(2,3)4/h8,10H,5-7H2,1-4H3. The van der Waals surface area contributed by atoms with Crippen LogP contribution < -0.4 is 0 Å². The third-order valence-electron chi connectivity index (χ3n) is 1.58. The van der Waals surface area contributed by atoms with E-state index in [0.717, 1.165) is 11.7 Å². The van der Waals surface area contributed by atoms with E-state index in [0.29, 0.717) is 5.41 Å². The minimum atomic E-state index is 0.488. The van der Waals surface area contributed by atoms with Gasteiger partial charge in [-0.1, -0.05) is 27.7 Å². The van der Waals surface area contributed by atoms with Gasteiger partial charge in [0.15, 0.2) is 0 Å². The van der Waals surface area contributed by atoms with E-state index < -0.39 is 0 Å². The molecule has 1 atom stereocenters. The Hall–Kier alpha value is 0.350. The Morgan fingerprint density at radius 1 is 1.30 bits per heavy atom. The summed E-state index contributed by atoms with van der Waals surface area (Å²) in [6.45, 7) is 9.19. The van der Waals surface area contributed by atoms with Gasteiger partial charge in [-0.25, -0.2) is 0 Å². The molecule has 1 unspecified atom stereocenters. The molecule has 0 saturated heterocycles. The Kier molecular flexibility index (Phi) is 4.42. The molecule has 0 heterocycles. The summed E-state index contributed by atoms with van der Waals surface area (Å²) in [6, 6.07) is 0.